The molecule has 1 fully saturated rings. The summed E-state index contributed by atoms with van der Waals surface area (Å²) in [7, 11) is 1.75. The molecule has 0 heterocycles. The smallest absolute Gasteiger partial charge is 0.0644 e. The Kier molecular flexibility index (Phi) is 4.94. The number of rotatable bonds is 7. The van der Waals surface area contributed by atoms with Crippen LogP contribution in [0, 0.1) is 5.41 Å². The van der Waals surface area contributed by atoms with Crippen molar-refractivity contribution in [2.75, 3.05) is 26.1 Å². The monoisotopic (exact) mass is 232 g/mol. The van der Waals surface area contributed by atoms with Gasteiger partial charge < -0.3 is 9.47 Å². The van der Waals surface area contributed by atoms with Gasteiger partial charge in [0, 0.05) is 19.1 Å². The van der Waals surface area contributed by atoms with E-state index in [1.807, 2.05) is 0 Å². The molecule has 0 aliphatic heterocycles. The Hall–Kier alpha value is 0.270. The fourth-order valence-corrected chi connectivity index (χ4v) is 2.14. The fraction of sp³-hybridized carbons (Fsp3) is 1.00. The predicted molar refractivity (Wildman–Crippen MR) is 66.7 cm³/mol. The Labute approximate surface area is 99.1 Å². The van der Waals surface area contributed by atoms with E-state index in [1.54, 1.807) is 7.11 Å². The third-order valence-corrected chi connectivity index (χ3v) is 4.23. The minimum Gasteiger partial charge on any atom is -0.381 e. The van der Waals surface area contributed by atoms with E-state index in [9.17, 15) is 0 Å². The molecule has 1 aliphatic carbocycles. The largest absolute Gasteiger partial charge is 0.381 e. The van der Waals surface area contributed by atoms with Gasteiger partial charge in [-0.2, -0.15) is 12.6 Å². The van der Waals surface area contributed by atoms with Gasteiger partial charge in [-0.05, 0) is 38.9 Å². The second-order valence-corrected chi connectivity index (χ2v) is 5.59. The maximum Gasteiger partial charge on any atom is 0.0644 e. The van der Waals surface area contributed by atoms with Crippen molar-refractivity contribution in [1.82, 2.24) is 0 Å². The highest BCUT2D eigenvalue weighted by Crippen LogP contribution is 2.41. The maximum atomic E-state index is 5.74. The molecule has 0 radical (unpaired) electrons. The van der Waals surface area contributed by atoms with Gasteiger partial charge in [0.05, 0.1) is 12.2 Å². The number of thiol groups is 1. The average molecular weight is 232 g/mol. The summed E-state index contributed by atoms with van der Waals surface area (Å²) in [5.74, 6) is 0.959. The molecular weight excluding hydrogens is 208 g/mol. The van der Waals surface area contributed by atoms with Crippen molar-refractivity contribution in [3.8, 4) is 0 Å². The lowest BCUT2D eigenvalue weighted by molar-refractivity contribution is -0.0352. The van der Waals surface area contributed by atoms with Crippen molar-refractivity contribution in [3.63, 3.8) is 0 Å². The van der Waals surface area contributed by atoms with Gasteiger partial charge >= 0.3 is 0 Å². The molecule has 2 nitrogen and oxygen atoms in total. The third-order valence-electron chi connectivity index (χ3n) is 3.56. The van der Waals surface area contributed by atoms with E-state index in [2.05, 4.69) is 26.5 Å². The second-order valence-electron chi connectivity index (χ2n) is 5.28. The van der Waals surface area contributed by atoms with Gasteiger partial charge in [0.15, 0.2) is 0 Å². The van der Waals surface area contributed by atoms with Crippen LogP contribution < -0.4 is 0 Å². The molecule has 1 saturated carbocycles. The number of methoxy groups -OCH3 is 1. The van der Waals surface area contributed by atoms with Crippen LogP contribution in [-0.2, 0) is 9.47 Å². The molecular formula is C12H24O2S. The zero-order valence-corrected chi connectivity index (χ0v) is 11.1. The highest BCUT2D eigenvalue weighted by molar-refractivity contribution is 7.80. The van der Waals surface area contributed by atoms with Crippen LogP contribution in [0.5, 0.6) is 0 Å². The van der Waals surface area contributed by atoms with Crippen molar-refractivity contribution in [1.29, 1.82) is 0 Å². The van der Waals surface area contributed by atoms with Crippen LogP contribution in [0.25, 0.3) is 0 Å². The van der Waals surface area contributed by atoms with E-state index < -0.39 is 0 Å². The van der Waals surface area contributed by atoms with Crippen LogP contribution in [0.3, 0.4) is 0 Å². The lowest BCUT2D eigenvalue weighted by Gasteiger charge is -2.40. The summed E-state index contributed by atoms with van der Waals surface area (Å²) >= 11 is 4.41. The number of hydrogen-bond donors (Lipinski definition) is 1. The maximum absolute atomic E-state index is 5.74. The first-order valence-electron chi connectivity index (χ1n) is 5.77. The van der Waals surface area contributed by atoms with Crippen molar-refractivity contribution >= 4 is 12.6 Å². The SMILES string of the molecule is COC(C)(C)CCOCC1(CS)CCC1. The van der Waals surface area contributed by atoms with Crippen LogP contribution in [-0.4, -0.2) is 31.7 Å². The molecule has 0 bridgehead atoms. The van der Waals surface area contributed by atoms with Gasteiger partial charge in [-0.1, -0.05) is 6.42 Å². The molecule has 0 saturated heterocycles. The zero-order chi connectivity index (χ0) is 11.4. The van der Waals surface area contributed by atoms with E-state index in [4.69, 9.17) is 9.47 Å². The quantitative estimate of drug-likeness (QED) is 0.537. The zero-order valence-electron chi connectivity index (χ0n) is 10.2. The minimum absolute atomic E-state index is 0.0618. The van der Waals surface area contributed by atoms with Crippen LogP contribution in [0.4, 0.5) is 0 Å². The highest BCUT2D eigenvalue weighted by atomic mass is 32.1. The first-order valence-corrected chi connectivity index (χ1v) is 6.41. The summed E-state index contributed by atoms with van der Waals surface area (Å²) in [6.45, 7) is 5.84. The second kappa shape index (κ2) is 5.55. The molecule has 0 aromatic rings. The Morgan fingerprint density at radius 2 is 2.00 bits per heavy atom. The normalized spacial score (nSPS) is 20.0. The molecule has 90 valence electrons. The fourth-order valence-electron chi connectivity index (χ4n) is 1.73. The molecule has 0 aromatic heterocycles. The standard InChI is InChI=1S/C12H24O2S/c1-11(2,13-3)7-8-14-9-12(10-15)5-4-6-12/h15H,4-10H2,1-3H3. The van der Waals surface area contributed by atoms with Gasteiger partial charge in [0.2, 0.25) is 0 Å². The molecule has 0 unspecified atom stereocenters. The van der Waals surface area contributed by atoms with E-state index in [-0.39, 0.29) is 5.60 Å². The molecule has 0 spiro atoms. The first-order chi connectivity index (χ1) is 7.04. The summed E-state index contributed by atoms with van der Waals surface area (Å²) in [5, 5.41) is 0. The van der Waals surface area contributed by atoms with E-state index in [0.29, 0.717) is 5.41 Å². The molecule has 3 heteroatoms. The van der Waals surface area contributed by atoms with E-state index >= 15 is 0 Å². The predicted octanol–water partition coefficient (Wildman–Crippen LogP) is 2.92. The van der Waals surface area contributed by atoms with Crippen LogP contribution in [0.2, 0.25) is 0 Å². The topological polar surface area (TPSA) is 18.5 Å². The Morgan fingerprint density at radius 1 is 1.33 bits per heavy atom. The molecule has 15 heavy (non-hydrogen) atoms. The molecule has 1 rings (SSSR count). The van der Waals surface area contributed by atoms with Crippen molar-refractivity contribution < 1.29 is 9.47 Å². The average Bonchev–Trinajstić information content (AvgIpc) is 2.16. The Morgan fingerprint density at radius 3 is 2.40 bits per heavy atom. The van der Waals surface area contributed by atoms with Gasteiger partial charge in [-0.25, -0.2) is 0 Å². The number of ether oxygens (including phenoxy) is 2. The summed E-state index contributed by atoms with van der Waals surface area (Å²) in [4.78, 5) is 0. The molecule has 0 N–H and O–H groups in total. The molecule has 0 amide bonds. The first kappa shape index (κ1) is 13.3. The Bertz CT molecular complexity index is 183. The van der Waals surface area contributed by atoms with Gasteiger partial charge in [0.25, 0.3) is 0 Å². The summed E-state index contributed by atoms with van der Waals surface area (Å²) in [5.41, 5.74) is 0.327. The highest BCUT2D eigenvalue weighted by Gasteiger charge is 2.35. The summed E-state index contributed by atoms with van der Waals surface area (Å²) in [6.07, 6.45) is 4.86. The van der Waals surface area contributed by atoms with Crippen LogP contribution in [0.15, 0.2) is 0 Å². The van der Waals surface area contributed by atoms with E-state index in [1.165, 1.54) is 19.3 Å². The Balaban J connectivity index is 2.11. The summed E-state index contributed by atoms with van der Waals surface area (Å²) in [6, 6.07) is 0. The van der Waals surface area contributed by atoms with Gasteiger partial charge in [0.1, 0.15) is 0 Å². The molecule has 0 atom stereocenters. The van der Waals surface area contributed by atoms with Crippen LogP contribution in [0.1, 0.15) is 39.5 Å². The van der Waals surface area contributed by atoms with E-state index in [0.717, 1.165) is 25.4 Å². The van der Waals surface area contributed by atoms with Gasteiger partial charge in [-0.15, -0.1) is 0 Å². The van der Waals surface area contributed by atoms with Crippen molar-refractivity contribution in [2.45, 2.75) is 45.1 Å². The van der Waals surface area contributed by atoms with Crippen LogP contribution >= 0.6 is 12.6 Å². The summed E-state index contributed by atoms with van der Waals surface area (Å²) < 4.78 is 11.1. The molecule has 0 aromatic carbocycles. The third kappa shape index (κ3) is 3.97. The van der Waals surface area contributed by atoms with Crippen molar-refractivity contribution in [2.24, 2.45) is 5.41 Å². The lowest BCUT2D eigenvalue weighted by atomic mass is 9.71. The van der Waals surface area contributed by atoms with Crippen molar-refractivity contribution in [3.05, 3.63) is 0 Å². The van der Waals surface area contributed by atoms with Gasteiger partial charge in [-0.3, -0.25) is 0 Å². The lowest BCUT2D eigenvalue weighted by Crippen LogP contribution is -2.37. The number of hydrogen-bond acceptors (Lipinski definition) is 3. The minimum atomic E-state index is -0.0618. The molecule has 1 aliphatic rings.